The van der Waals surface area contributed by atoms with Crippen molar-refractivity contribution in [3.8, 4) is 0 Å². The molecule has 1 aromatic carbocycles. The van der Waals surface area contributed by atoms with Crippen molar-refractivity contribution in [3.05, 3.63) is 67.8 Å². The first-order valence-electron chi connectivity index (χ1n) is 15.5. The van der Waals surface area contributed by atoms with E-state index in [1.807, 2.05) is 18.2 Å². The average Bonchev–Trinajstić information content (AvgIpc) is 2.95. The number of hydrogen-bond donors (Lipinski definition) is 0. The van der Waals surface area contributed by atoms with E-state index in [0.29, 0.717) is 6.04 Å². The third-order valence-corrected chi connectivity index (χ3v) is 8.32. The Morgan fingerprint density at radius 2 is 1.67 bits per heavy atom. The van der Waals surface area contributed by atoms with Crippen molar-refractivity contribution in [1.82, 2.24) is 14.7 Å². The first kappa shape index (κ1) is 33.1. The van der Waals surface area contributed by atoms with Gasteiger partial charge in [-0.3, -0.25) is 4.90 Å². The zero-order valence-corrected chi connectivity index (χ0v) is 25.7. The van der Waals surface area contributed by atoms with Crippen LogP contribution in [0.2, 0.25) is 0 Å². The van der Waals surface area contributed by atoms with E-state index in [4.69, 9.17) is 0 Å². The summed E-state index contributed by atoms with van der Waals surface area (Å²) < 4.78 is 0. The molecule has 0 atom stereocenters. The SMILES string of the molecule is C=CCCN(CCN(CC=C)CCN(C)C1CCN(C)CC1)c1cc(C=C)ccc1C(=C)CCCCCCC. The monoisotopic (exact) mass is 534 g/mol. The van der Waals surface area contributed by atoms with Gasteiger partial charge in [0.25, 0.3) is 0 Å². The van der Waals surface area contributed by atoms with Crippen LogP contribution in [0.4, 0.5) is 5.69 Å². The lowest BCUT2D eigenvalue weighted by Crippen LogP contribution is -2.45. The van der Waals surface area contributed by atoms with Gasteiger partial charge < -0.3 is 14.7 Å². The summed E-state index contributed by atoms with van der Waals surface area (Å²) in [6, 6.07) is 7.45. The smallest absolute Gasteiger partial charge is 0.0448 e. The van der Waals surface area contributed by atoms with Crippen LogP contribution >= 0.6 is 0 Å². The Hall–Kier alpha value is -2.14. The van der Waals surface area contributed by atoms with Crippen LogP contribution in [0.3, 0.4) is 0 Å². The molecular formula is C35H58N4. The van der Waals surface area contributed by atoms with Gasteiger partial charge in [-0.25, -0.2) is 0 Å². The lowest BCUT2D eigenvalue weighted by molar-refractivity contribution is 0.131. The molecular weight excluding hydrogens is 476 g/mol. The van der Waals surface area contributed by atoms with Crippen molar-refractivity contribution in [2.24, 2.45) is 0 Å². The normalized spacial score (nSPS) is 14.6. The average molecular weight is 535 g/mol. The highest BCUT2D eigenvalue weighted by atomic mass is 15.2. The molecule has 0 radical (unpaired) electrons. The van der Waals surface area contributed by atoms with Gasteiger partial charge in [0.05, 0.1) is 0 Å². The third kappa shape index (κ3) is 11.9. The number of likely N-dealkylation sites (tertiary alicyclic amines) is 1. The maximum Gasteiger partial charge on any atom is 0.0448 e. The molecule has 0 saturated carbocycles. The molecule has 39 heavy (non-hydrogen) atoms. The lowest BCUT2D eigenvalue weighted by Gasteiger charge is -2.36. The number of benzene rings is 1. The van der Waals surface area contributed by atoms with Crippen molar-refractivity contribution in [1.29, 1.82) is 0 Å². The number of hydrogen-bond acceptors (Lipinski definition) is 4. The molecule has 0 N–H and O–H groups in total. The second kappa shape index (κ2) is 19.0. The Morgan fingerprint density at radius 3 is 2.33 bits per heavy atom. The van der Waals surface area contributed by atoms with E-state index in [9.17, 15) is 0 Å². The number of unbranched alkanes of at least 4 members (excludes halogenated alkanes) is 4. The van der Waals surface area contributed by atoms with Gasteiger partial charge in [-0.2, -0.15) is 0 Å². The Bertz CT molecular complexity index is 867. The fourth-order valence-electron chi connectivity index (χ4n) is 5.57. The molecule has 0 amide bonds. The van der Waals surface area contributed by atoms with Gasteiger partial charge in [0, 0.05) is 56.6 Å². The summed E-state index contributed by atoms with van der Waals surface area (Å²) in [5, 5.41) is 0. The molecule has 1 heterocycles. The minimum absolute atomic E-state index is 0.702. The minimum Gasteiger partial charge on any atom is -0.369 e. The number of anilines is 1. The number of likely N-dealkylation sites (N-methyl/N-ethyl adjacent to an activating group) is 1. The molecule has 4 nitrogen and oxygen atoms in total. The van der Waals surface area contributed by atoms with Crippen molar-refractivity contribution in [2.45, 2.75) is 70.8 Å². The predicted molar refractivity (Wildman–Crippen MR) is 176 cm³/mol. The largest absolute Gasteiger partial charge is 0.369 e. The zero-order valence-electron chi connectivity index (χ0n) is 25.7. The van der Waals surface area contributed by atoms with Crippen molar-refractivity contribution >= 4 is 17.3 Å². The Balaban J connectivity index is 2.09. The summed E-state index contributed by atoms with van der Waals surface area (Å²) >= 11 is 0. The highest BCUT2D eigenvalue weighted by Gasteiger charge is 2.21. The van der Waals surface area contributed by atoms with E-state index in [-0.39, 0.29) is 0 Å². The molecule has 1 aliphatic heterocycles. The molecule has 218 valence electrons. The predicted octanol–water partition coefficient (Wildman–Crippen LogP) is 7.60. The summed E-state index contributed by atoms with van der Waals surface area (Å²) in [5.74, 6) is 0. The topological polar surface area (TPSA) is 13.0 Å². The van der Waals surface area contributed by atoms with Gasteiger partial charge in [0.15, 0.2) is 0 Å². The maximum atomic E-state index is 4.54. The van der Waals surface area contributed by atoms with Crippen LogP contribution in [0.15, 0.2) is 56.7 Å². The van der Waals surface area contributed by atoms with Crippen LogP contribution in [0.1, 0.15) is 75.8 Å². The minimum atomic E-state index is 0.702. The highest BCUT2D eigenvalue weighted by Crippen LogP contribution is 2.31. The van der Waals surface area contributed by atoms with E-state index < -0.39 is 0 Å². The number of piperidine rings is 1. The Morgan fingerprint density at radius 1 is 0.949 bits per heavy atom. The number of nitrogens with zero attached hydrogens (tertiary/aromatic N) is 4. The summed E-state index contributed by atoms with van der Waals surface area (Å²) in [6.07, 6.45) is 17.0. The molecule has 1 saturated heterocycles. The molecule has 1 aromatic rings. The lowest BCUT2D eigenvalue weighted by atomic mass is 9.96. The Kier molecular flexibility index (Phi) is 16.1. The van der Waals surface area contributed by atoms with Crippen LogP contribution < -0.4 is 4.90 Å². The van der Waals surface area contributed by atoms with Crippen LogP contribution in [-0.2, 0) is 0 Å². The molecule has 0 spiro atoms. The van der Waals surface area contributed by atoms with Gasteiger partial charge >= 0.3 is 0 Å². The van der Waals surface area contributed by atoms with Crippen LogP contribution in [0, 0.1) is 0 Å². The third-order valence-electron chi connectivity index (χ3n) is 8.32. The van der Waals surface area contributed by atoms with Crippen molar-refractivity contribution in [3.63, 3.8) is 0 Å². The molecule has 0 aromatic heterocycles. The van der Waals surface area contributed by atoms with Gasteiger partial charge in [-0.1, -0.05) is 76.1 Å². The van der Waals surface area contributed by atoms with Crippen molar-refractivity contribution < 1.29 is 0 Å². The first-order valence-corrected chi connectivity index (χ1v) is 15.5. The molecule has 4 heteroatoms. The van der Waals surface area contributed by atoms with Gasteiger partial charge in [-0.05, 0) is 76.5 Å². The summed E-state index contributed by atoms with van der Waals surface area (Å²) in [5.41, 5.74) is 4.99. The van der Waals surface area contributed by atoms with E-state index >= 15 is 0 Å². The second-order valence-electron chi connectivity index (χ2n) is 11.4. The molecule has 1 fully saturated rings. The standard InChI is InChI=1S/C35H58N4/c1-8-12-14-15-16-17-31(5)34-19-18-32(11-4)30-35(34)39(23-13-9-2)29-28-38(22-10-3)27-26-37(7)33-20-24-36(6)25-21-33/h9-11,18-19,30,33H,2-5,8,12-17,20-29H2,1,6-7H3. The molecule has 0 bridgehead atoms. The first-order chi connectivity index (χ1) is 18.9. The molecule has 1 aliphatic rings. The van der Waals surface area contributed by atoms with E-state index in [1.165, 1.54) is 74.9 Å². The van der Waals surface area contributed by atoms with E-state index in [0.717, 1.165) is 57.7 Å². The quantitative estimate of drug-likeness (QED) is 0.119. The summed E-state index contributed by atoms with van der Waals surface area (Å²) in [4.78, 5) is 10.1. The second-order valence-corrected chi connectivity index (χ2v) is 11.4. The number of allylic oxidation sites excluding steroid dienone is 1. The zero-order chi connectivity index (χ0) is 28.5. The van der Waals surface area contributed by atoms with Crippen LogP contribution in [-0.4, -0.2) is 87.2 Å². The van der Waals surface area contributed by atoms with E-state index in [1.54, 1.807) is 0 Å². The fraction of sp³-hybridized carbons (Fsp3) is 0.600. The molecule has 0 aliphatic carbocycles. The van der Waals surface area contributed by atoms with Gasteiger partial charge in [-0.15, -0.1) is 13.2 Å². The molecule has 0 unspecified atom stereocenters. The summed E-state index contributed by atoms with van der Waals surface area (Å²) in [6.45, 7) is 27.4. The summed E-state index contributed by atoms with van der Waals surface area (Å²) in [7, 11) is 4.54. The van der Waals surface area contributed by atoms with E-state index in [2.05, 4.69) is 85.1 Å². The van der Waals surface area contributed by atoms with Crippen LogP contribution in [0.25, 0.3) is 11.6 Å². The molecule has 2 rings (SSSR count). The number of rotatable bonds is 21. The Labute approximate surface area is 241 Å². The van der Waals surface area contributed by atoms with Crippen molar-refractivity contribution in [2.75, 3.05) is 71.4 Å². The fourth-order valence-corrected chi connectivity index (χ4v) is 5.57. The maximum absolute atomic E-state index is 4.54. The van der Waals surface area contributed by atoms with Gasteiger partial charge in [0.1, 0.15) is 0 Å². The van der Waals surface area contributed by atoms with Crippen LogP contribution in [0.5, 0.6) is 0 Å². The highest BCUT2D eigenvalue weighted by molar-refractivity contribution is 5.78. The van der Waals surface area contributed by atoms with Gasteiger partial charge in [0.2, 0.25) is 0 Å².